The van der Waals surface area contributed by atoms with Crippen molar-refractivity contribution in [2.24, 2.45) is 0 Å². The molecule has 0 unspecified atom stereocenters. The van der Waals surface area contributed by atoms with Crippen molar-refractivity contribution in [2.75, 3.05) is 24.6 Å². The van der Waals surface area contributed by atoms with E-state index in [0.29, 0.717) is 22.8 Å². The molecule has 0 saturated heterocycles. The summed E-state index contributed by atoms with van der Waals surface area (Å²) in [6, 6.07) is 11.8. The van der Waals surface area contributed by atoms with Crippen LogP contribution in [0.1, 0.15) is 23.7 Å². The number of nitrogens with zero attached hydrogens (tertiary/aromatic N) is 1. The molecule has 0 saturated carbocycles. The number of benzene rings is 2. The summed E-state index contributed by atoms with van der Waals surface area (Å²) in [7, 11) is 0. The third-order valence-corrected chi connectivity index (χ3v) is 4.09. The van der Waals surface area contributed by atoms with Gasteiger partial charge < -0.3 is 15.0 Å². The summed E-state index contributed by atoms with van der Waals surface area (Å²) >= 11 is 5.76. The molecule has 0 bridgehead atoms. The first-order valence-electron chi connectivity index (χ1n) is 8.66. The Labute approximate surface area is 167 Å². The number of hydrogen-bond donors (Lipinski definition) is 1. The predicted octanol–water partition coefficient (Wildman–Crippen LogP) is 3.20. The Kier molecular flexibility index (Phi) is 7.95. The van der Waals surface area contributed by atoms with Gasteiger partial charge in [0.15, 0.2) is 6.61 Å². The maximum Gasteiger partial charge on any atom is 0.308 e. The van der Waals surface area contributed by atoms with E-state index in [4.69, 9.17) is 16.3 Å². The molecular weight excluding hydrogens is 387 g/mol. The van der Waals surface area contributed by atoms with E-state index in [-0.39, 0.29) is 18.9 Å². The maximum absolute atomic E-state index is 13.0. The summed E-state index contributed by atoms with van der Waals surface area (Å²) in [6.07, 6.45) is -0.0741. The Morgan fingerprint density at radius 2 is 1.71 bits per heavy atom. The van der Waals surface area contributed by atoms with Crippen molar-refractivity contribution in [3.63, 3.8) is 0 Å². The molecular formula is C20H20ClFN2O4. The van der Waals surface area contributed by atoms with Crippen molar-refractivity contribution in [1.29, 1.82) is 0 Å². The van der Waals surface area contributed by atoms with Crippen LogP contribution in [-0.2, 0) is 14.3 Å². The quantitative estimate of drug-likeness (QED) is 0.683. The van der Waals surface area contributed by atoms with E-state index < -0.39 is 24.3 Å². The minimum atomic E-state index is -0.611. The number of halogens is 2. The van der Waals surface area contributed by atoms with Crippen LogP contribution < -0.4 is 10.2 Å². The van der Waals surface area contributed by atoms with Crippen LogP contribution in [0.25, 0.3) is 0 Å². The summed E-state index contributed by atoms with van der Waals surface area (Å²) in [5.41, 5.74) is 0.936. The second kappa shape index (κ2) is 10.4. The van der Waals surface area contributed by atoms with Crippen molar-refractivity contribution < 1.29 is 23.5 Å². The van der Waals surface area contributed by atoms with Gasteiger partial charge in [-0.25, -0.2) is 4.39 Å². The molecule has 8 heteroatoms. The Morgan fingerprint density at radius 3 is 2.32 bits per heavy atom. The van der Waals surface area contributed by atoms with Gasteiger partial charge in [-0.2, -0.15) is 0 Å². The summed E-state index contributed by atoms with van der Waals surface area (Å²) in [4.78, 5) is 37.3. The van der Waals surface area contributed by atoms with Crippen molar-refractivity contribution >= 4 is 35.1 Å². The van der Waals surface area contributed by atoms with Gasteiger partial charge in [0, 0.05) is 29.4 Å². The second-order valence-corrected chi connectivity index (χ2v) is 6.22. The molecule has 2 aromatic rings. The monoisotopic (exact) mass is 406 g/mol. The Balaban J connectivity index is 1.75. The summed E-state index contributed by atoms with van der Waals surface area (Å²) in [6.45, 7) is 1.74. The SMILES string of the molecule is CCN(C(=O)COC(=O)CCNC(=O)c1ccc(Cl)cc1)c1ccc(F)cc1. The Morgan fingerprint density at radius 1 is 1.07 bits per heavy atom. The minimum absolute atomic E-state index is 0.0734. The highest BCUT2D eigenvalue weighted by atomic mass is 35.5. The fourth-order valence-electron chi connectivity index (χ4n) is 2.40. The third-order valence-electron chi connectivity index (χ3n) is 3.83. The Hall–Kier alpha value is -2.93. The molecule has 0 heterocycles. The number of esters is 1. The van der Waals surface area contributed by atoms with Gasteiger partial charge in [-0.1, -0.05) is 11.6 Å². The van der Waals surface area contributed by atoms with Crippen molar-refractivity contribution in [3.05, 3.63) is 64.9 Å². The third kappa shape index (κ3) is 6.35. The predicted molar refractivity (Wildman–Crippen MR) is 104 cm³/mol. The fourth-order valence-corrected chi connectivity index (χ4v) is 2.52. The summed E-state index contributed by atoms with van der Waals surface area (Å²) in [5.74, 6) is -1.78. The molecule has 0 spiro atoms. The summed E-state index contributed by atoms with van der Waals surface area (Å²) < 4.78 is 18.0. The standard InChI is InChI=1S/C20H20ClFN2O4/c1-2-24(17-9-7-16(22)8-10-17)18(25)13-28-19(26)11-12-23-20(27)14-3-5-15(21)6-4-14/h3-10H,2,11-13H2,1H3,(H,23,27). The van der Waals surface area contributed by atoms with Crippen LogP contribution in [0.4, 0.5) is 10.1 Å². The number of anilines is 1. The highest BCUT2D eigenvalue weighted by Crippen LogP contribution is 2.15. The van der Waals surface area contributed by atoms with Crippen LogP contribution in [-0.4, -0.2) is 37.5 Å². The zero-order valence-electron chi connectivity index (χ0n) is 15.3. The molecule has 2 rings (SSSR count). The van der Waals surface area contributed by atoms with Crippen molar-refractivity contribution in [2.45, 2.75) is 13.3 Å². The lowest BCUT2D eigenvalue weighted by Crippen LogP contribution is -2.35. The van der Waals surface area contributed by atoms with E-state index in [1.54, 1.807) is 31.2 Å². The van der Waals surface area contributed by atoms with Crippen molar-refractivity contribution in [1.82, 2.24) is 5.32 Å². The van der Waals surface area contributed by atoms with Gasteiger partial charge >= 0.3 is 5.97 Å². The highest BCUT2D eigenvalue weighted by Gasteiger charge is 2.16. The van der Waals surface area contributed by atoms with Gasteiger partial charge in [0.05, 0.1) is 6.42 Å². The fraction of sp³-hybridized carbons (Fsp3) is 0.250. The molecule has 6 nitrogen and oxygen atoms in total. The molecule has 0 aliphatic heterocycles. The van der Waals surface area contributed by atoms with Gasteiger partial charge in [-0.05, 0) is 55.5 Å². The van der Waals surface area contributed by atoms with E-state index in [1.807, 2.05) is 0 Å². The van der Waals surface area contributed by atoms with E-state index in [9.17, 15) is 18.8 Å². The van der Waals surface area contributed by atoms with Gasteiger partial charge in [0.25, 0.3) is 11.8 Å². The van der Waals surface area contributed by atoms with Crippen LogP contribution in [0.2, 0.25) is 5.02 Å². The number of likely N-dealkylation sites (N-methyl/N-ethyl adjacent to an activating group) is 1. The first-order valence-corrected chi connectivity index (χ1v) is 9.04. The molecule has 28 heavy (non-hydrogen) atoms. The molecule has 148 valence electrons. The highest BCUT2D eigenvalue weighted by molar-refractivity contribution is 6.30. The first kappa shape index (κ1) is 21.4. The van der Waals surface area contributed by atoms with Crippen LogP contribution in [0, 0.1) is 5.82 Å². The number of carbonyl (C=O) groups excluding carboxylic acids is 3. The molecule has 2 aromatic carbocycles. The zero-order valence-corrected chi connectivity index (χ0v) is 16.0. The lowest BCUT2D eigenvalue weighted by atomic mass is 10.2. The van der Waals surface area contributed by atoms with Crippen LogP contribution in [0.15, 0.2) is 48.5 Å². The number of rotatable bonds is 8. The average Bonchev–Trinajstić information content (AvgIpc) is 2.69. The number of ether oxygens (including phenoxy) is 1. The van der Waals surface area contributed by atoms with Gasteiger partial charge in [-0.3, -0.25) is 14.4 Å². The molecule has 0 atom stereocenters. The molecule has 0 fully saturated rings. The van der Waals surface area contributed by atoms with Gasteiger partial charge in [0.2, 0.25) is 0 Å². The zero-order chi connectivity index (χ0) is 20.5. The van der Waals surface area contributed by atoms with Gasteiger partial charge in [-0.15, -0.1) is 0 Å². The van der Waals surface area contributed by atoms with Crippen molar-refractivity contribution in [3.8, 4) is 0 Å². The van der Waals surface area contributed by atoms with E-state index >= 15 is 0 Å². The van der Waals surface area contributed by atoms with Crippen LogP contribution in [0.3, 0.4) is 0 Å². The Bertz CT molecular complexity index is 825. The van der Waals surface area contributed by atoms with E-state index in [0.717, 1.165) is 0 Å². The molecule has 1 N–H and O–H groups in total. The smallest absolute Gasteiger partial charge is 0.308 e. The number of hydrogen-bond acceptors (Lipinski definition) is 4. The lowest BCUT2D eigenvalue weighted by Gasteiger charge is -2.20. The van der Waals surface area contributed by atoms with E-state index in [2.05, 4.69) is 5.32 Å². The number of nitrogens with one attached hydrogen (secondary N) is 1. The molecule has 2 amide bonds. The molecule has 0 aliphatic rings. The first-order chi connectivity index (χ1) is 13.4. The van der Waals surface area contributed by atoms with Crippen LogP contribution >= 0.6 is 11.6 Å². The maximum atomic E-state index is 13.0. The average molecular weight is 407 g/mol. The number of amides is 2. The normalized spacial score (nSPS) is 10.2. The minimum Gasteiger partial charge on any atom is -0.455 e. The van der Waals surface area contributed by atoms with Gasteiger partial charge in [0.1, 0.15) is 5.82 Å². The second-order valence-electron chi connectivity index (χ2n) is 5.79. The number of carbonyl (C=O) groups is 3. The lowest BCUT2D eigenvalue weighted by molar-refractivity contribution is -0.147. The van der Waals surface area contributed by atoms with E-state index in [1.165, 1.54) is 29.2 Å². The molecule has 0 aromatic heterocycles. The molecule has 0 radical (unpaired) electrons. The topological polar surface area (TPSA) is 75.7 Å². The largest absolute Gasteiger partial charge is 0.455 e. The summed E-state index contributed by atoms with van der Waals surface area (Å²) in [5, 5.41) is 3.11. The van der Waals surface area contributed by atoms with Crippen LogP contribution in [0.5, 0.6) is 0 Å². The molecule has 0 aliphatic carbocycles.